The fourth-order valence-corrected chi connectivity index (χ4v) is 3.87. The van der Waals surface area contributed by atoms with Crippen LogP contribution in [0.15, 0.2) is 24.3 Å². The fraction of sp³-hybridized carbons (Fsp3) is 0.571. The average molecular weight is 285 g/mol. The Morgan fingerprint density at radius 2 is 2.12 bits per heavy atom. The summed E-state index contributed by atoms with van der Waals surface area (Å²) < 4.78 is 13.5. The van der Waals surface area contributed by atoms with E-state index in [1.54, 1.807) is 12.1 Å². The van der Waals surface area contributed by atoms with Gasteiger partial charge in [0, 0.05) is 4.83 Å². The van der Waals surface area contributed by atoms with Gasteiger partial charge in [0.1, 0.15) is 5.82 Å². The van der Waals surface area contributed by atoms with Gasteiger partial charge in [0.05, 0.1) is 0 Å². The molecule has 2 heteroatoms. The van der Waals surface area contributed by atoms with Crippen LogP contribution >= 0.6 is 15.9 Å². The van der Waals surface area contributed by atoms with Crippen LogP contribution in [-0.4, -0.2) is 4.83 Å². The largest absolute Gasteiger partial charge is 0.207 e. The predicted octanol–water partition coefficient (Wildman–Crippen LogP) is 4.57. The molecule has 1 fully saturated rings. The van der Waals surface area contributed by atoms with Gasteiger partial charge >= 0.3 is 0 Å². The van der Waals surface area contributed by atoms with E-state index in [-0.39, 0.29) is 5.82 Å². The van der Waals surface area contributed by atoms with E-state index < -0.39 is 0 Å². The maximum Gasteiger partial charge on any atom is 0.126 e. The first kappa shape index (κ1) is 12.1. The SMILES string of the molecule is CC1CCCC1C(Br)Cc1ccccc1F. The van der Waals surface area contributed by atoms with Crippen molar-refractivity contribution in [3.8, 4) is 0 Å². The highest BCUT2D eigenvalue weighted by Crippen LogP contribution is 2.37. The zero-order valence-corrected chi connectivity index (χ0v) is 11.2. The van der Waals surface area contributed by atoms with Crippen molar-refractivity contribution >= 4 is 15.9 Å². The van der Waals surface area contributed by atoms with Crippen LogP contribution in [0.25, 0.3) is 0 Å². The molecule has 3 atom stereocenters. The Balaban J connectivity index is 2.02. The Hall–Kier alpha value is -0.370. The molecule has 3 unspecified atom stereocenters. The van der Waals surface area contributed by atoms with Gasteiger partial charge < -0.3 is 0 Å². The molecule has 1 aliphatic rings. The molecular formula is C14H18BrF. The highest BCUT2D eigenvalue weighted by atomic mass is 79.9. The Kier molecular flexibility index (Phi) is 4.01. The van der Waals surface area contributed by atoms with E-state index in [1.165, 1.54) is 19.3 Å². The zero-order chi connectivity index (χ0) is 11.5. The van der Waals surface area contributed by atoms with Gasteiger partial charge in [-0.15, -0.1) is 0 Å². The van der Waals surface area contributed by atoms with Gasteiger partial charge in [0.25, 0.3) is 0 Å². The van der Waals surface area contributed by atoms with Crippen molar-refractivity contribution in [2.45, 2.75) is 37.4 Å². The molecule has 1 aliphatic carbocycles. The minimum Gasteiger partial charge on any atom is -0.207 e. The van der Waals surface area contributed by atoms with Crippen LogP contribution in [0.2, 0.25) is 0 Å². The molecule has 0 amide bonds. The number of hydrogen-bond acceptors (Lipinski definition) is 0. The summed E-state index contributed by atoms with van der Waals surface area (Å²) in [5.41, 5.74) is 0.837. The Labute approximate surface area is 105 Å². The van der Waals surface area contributed by atoms with Crippen molar-refractivity contribution in [1.29, 1.82) is 0 Å². The van der Waals surface area contributed by atoms with E-state index in [9.17, 15) is 4.39 Å². The number of benzene rings is 1. The molecular weight excluding hydrogens is 267 g/mol. The molecule has 1 saturated carbocycles. The molecule has 0 N–H and O–H groups in total. The molecule has 0 radical (unpaired) electrons. The number of alkyl halides is 1. The van der Waals surface area contributed by atoms with Crippen LogP contribution in [0, 0.1) is 17.7 Å². The van der Waals surface area contributed by atoms with Crippen LogP contribution in [0.3, 0.4) is 0 Å². The van der Waals surface area contributed by atoms with Crippen molar-refractivity contribution in [2.24, 2.45) is 11.8 Å². The normalized spacial score (nSPS) is 26.9. The lowest BCUT2D eigenvalue weighted by atomic mass is 9.91. The van der Waals surface area contributed by atoms with Gasteiger partial charge in [-0.3, -0.25) is 0 Å². The van der Waals surface area contributed by atoms with Gasteiger partial charge in [-0.1, -0.05) is 53.9 Å². The molecule has 0 nitrogen and oxygen atoms in total. The molecule has 1 aromatic rings. The van der Waals surface area contributed by atoms with Crippen LogP contribution < -0.4 is 0 Å². The van der Waals surface area contributed by atoms with Crippen molar-refractivity contribution in [3.63, 3.8) is 0 Å². The summed E-state index contributed by atoms with van der Waals surface area (Å²) in [6.45, 7) is 2.31. The third kappa shape index (κ3) is 2.65. The van der Waals surface area contributed by atoms with Gasteiger partial charge in [0.2, 0.25) is 0 Å². The second-order valence-electron chi connectivity index (χ2n) is 4.88. The lowest BCUT2D eigenvalue weighted by Crippen LogP contribution is -2.19. The second kappa shape index (κ2) is 5.31. The third-order valence-corrected chi connectivity index (χ3v) is 4.77. The summed E-state index contributed by atoms with van der Waals surface area (Å²) in [5, 5.41) is 0. The van der Waals surface area contributed by atoms with E-state index in [0.29, 0.717) is 10.7 Å². The number of hydrogen-bond donors (Lipinski definition) is 0. The first-order valence-electron chi connectivity index (χ1n) is 6.06. The van der Waals surface area contributed by atoms with E-state index in [4.69, 9.17) is 0 Å². The van der Waals surface area contributed by atoms with Crippen molar-refractivity contribution in [2.75, 3.05) is 0 Å². The van der Waals surface area contributed by atoms with Crippen LogP contribution in [-0.2, 0) is 6.42 Å². The first-order valence-corrected chi connectivity index (χ1v) is 6.97. The first-order chi connectivity index (χ1) is 7.68. The summed E-state index contributed by atoms with van der Waals surface area (Å²) in [5.74, 6) is 1.41. The molecule has 0 heterocycles. The standard InChI is InChI=1S/C14H18BrF/c1-10-5-4-7-12(10)13(15)9-11-6-2-3-8-14(11)16/h2-3,6,8,10,12-13H,4-5,7,9H2,1H3. The monoisotopic (exact) mass is 284 g/mol. The molecule has 0 aliphatic heterocycles. The fourth-order valence-electron chi connectivity index (χ4n) is 2.74. The van der Waals surface area contributed by atoms with Gasteiger partial charge in [-0.25, -0.2) is 4.39 Å². The topological polar surface area (TPSA) is 0 Å². The zero-order valence-electron chi connectivity index (χ0n) is 9.63. The third-order valence-electron chi connectivity index (χ3n) is 3.77. The van der Waals surface area contributed by atoms with Crippen molar-refractivity contribution in [1.82, 2.24) is 0 Å². The summed E-state index contributed by atoms with van der Waals surface area (Å²) in [6.07, 6.45) is 4.74. The van der Waals surface area contributed by atoms with Gasteiger partial charge in [-0.2, -0.15) is 0 Å². The molecule has 2 rings (SSSR count). The average Bonchev–Trinajstić information content (AvgIpc) is 2.68. The highest BCUT2D eigenvalue weighted by Gasteiger charge is 2.29. The van der Waals surface area contributed by atoms with E-state index in [2.05, 4.69) is 22.9 Å². The molecule has 88 valence electrons. The molecule has 0 bridgehead atoms. The predicted molar refractivity (Wildman–Crippen MR) is 69.3 cm³/mol. The van der Waals surface area contributed by atoms with Crippen molar-refractivity contribution < 1.29 is 4.39 Å². The summed E-state index contributed by atoms with van der Waals surface area (Å²) in [7, 11) is 0. The van der Waals surface area contributed by atoms with E-state index in [0.717, 1.165) is 17.9 Å². The smallest absolute Gasteiger partial charge is 0.126 e. The Morgan fingerprint density at radius 3 is 2.75 bits per heavy atom. The minimum absolute atomic E-state index is 0.0717. The highest BCUT2D eigenvalue weighted by molar-refractivity contribution is 9.09. The summed E-state index contributed by atoms with van der Waals surface area (Å²) in [4.78, 5) is 0.418. The van der Waals surface area contributed by atoms with E-state index >= 15 is 0 Å². The molecule has 16 heavy (non-hydrogen) atoms. The minimum atomic E-state index is -0.0717. The number of rotatable bonds is 3. The molecule has 0 saturated heterocycles. The maximum absolute atomic E-state index is 13.5. The quantitative estimate of drug-likeness (QED) is 0.714. The Bertz CT molecular complexity index is 350. The van der Waals surface area contributed by atoms with Crippen LogP contribution in [0.5, 0.6) is 0 Å². The lowest BCUT2D eigenvalue weighted by molar-refractivity contribution is 0.404. The summed E-state index contributed by atoms with van der Waals surface area (Å²) >= 11 is 3.75. The van der Waals surface area contributed by atoms with Crippen LogP contribution in [0.4, 0.5) is 4.39 Å². The number of halogens is 2. The lowest BCUT2D eigenvalue weighted by Gasteiger charge is -2.22. The van der Waals surface area contributed by atoms with Gasteiger partial charge in [0.15, 0.2) is 0 Å². The molecule has 1 aromatic carbocycles. The summed E-state index contributed by atoms with van der Waals surface area (Å²) in [6, 6.07) is 7.10. The molecule has 0 aromatic heterocycles. The van der Waals surface area contributed by atoms with Crippen molar-refractivity contribution in [3.05, 3.63) is 35.6 Å². The Morgan fingerprint density at radius 1 is 1.38 bits per heavy atom. The second-order valence-corrected chi connectivity index (χ2v) is 6.06. The van der Waals surface area contributed by atoms with E-state index in [1.807, 2.05) is 12.1 Å². The maximum atomic E-state index is 13.5. The van der Waals surface area contributed by atoms with Gasteiger partial charge in [-0.05, 0) is 36.3 Å². The molecule has 0 spiro atoms. The van der Waals surface area contributed by atoms with Crippen LogP contribution in [0.1, 0.15) is 31.7 Å².